The molecule has 0 aliphatic carbocycles. The van der Waals surface area contributed by atoms with Crippen LogP contribution in [-0.4, -0.2) is 34.6 Å². The third-order valence-corrected chi connectivity index (χ3v) is 5.16. The van der Waals surface area contributed by atoms with Crippen LogP contribution in [0.4, 0.5) is 4.39 Å². The molecule has 158 valence electrons. The van der Waals surface area contributed by atoms with Crippen LogP contribution in [0.25, 0.3) is 11.3 Å². The molecule has 1 amide bonds. The minimum absolute atomic E-state index is 0.0949. The van der Waals surface area contributed by atoms with Crippen LogP contribution in [0.15, 0.2) is 34.9 Å². The van der Waals surface area contributed by atoms with Crippen molar-refractivity contribution in [2.75, 3.05) is 6.54 Å². The van der Waals surface area contributed by atoms with Gasteiger partial charge in [-0.25, -0.2) is 4.39 Å². The second-order valence-electron chi connectivity index (χ2n) is 9.73. The predicted molar refractivity (Wildman–Crippen MR) is 112 cm³/mol. The first kappa shape index (κ1) is 21.5. The van der Waals surface area contributed by atoms with Crippen molar-refractivity contribution in [1.82, 2.24) is 15.4 Å². The van der Waals surface area contributed by atoms with Crippen LogP contribution in [0.5, 0.6) is 0 Å². The van der Waals surface area contributed by atoms with E-state index < -0.39 is 0 Å². The maximum atomic E-state index is 13.2. The van der Waals surface area contributed by atoms with E-state index in [1.54, 1.807) is 12.1 Å². The summed E-state index contributed by atoms with van der Waals surface area (Å²) in [6.45, 7) is 12.1. The molecule has 29 heavy (non-hydrogen) atoms. The Bertz CT molecular complexity index is 823. The quantitative estimate of drug-likeness (QED) is 0.767. The molecule has 1 aliphatic rings. The number of rotatable bonds is 6. The Morgan fingerprint density at radius 1 is 1.28 bits per heavy atom. The lowest BCUT2D eigenvalue weighted by Gasteiger charge is -2.41. The Morgan fingerprint density at radius 3 is 2.59 bits per heavy atom. The first-order chi connectivity index (χ1) is 13.6. The normalized spacial score (nSPS) is 20.9. The van der Waals surface area contributed by atoms with Gasteiger partial charge in [0.25, 0.3) is 0 Å². The van der Waals surface area contributed by atoms with Gasteiger partial charge < -0.3 is 9.84 Å². The van der Waals surface area contributed by atoms with E-state index in [0.717, 1.165) is 24.9 Å². The highest BCUT2D eigenvalue weighted by Crippen LogP contribution is 2.27. The van der Waals surface area contributed by atoms with E-state index in [9.17, 15) is 9.18 Å². The van der Waals surface area contributed by atoms with E-state index in [-0.39, 0.29) is 29.2 Å². The molecule has 2 atom stereocenters. The van der Waals surface area contributed by atoms with Gasteiger partial charge in [0.15, 0.2) is 5.76 Å². The highest BCUT2D eigenvalue weighted by molar-refractivity contribution is 5.82. The summed E-state index contributed by atoms with van der Waals surface area (Å²) >= 11 is 0. The Kier molecular flexibility index (Phi) is 6.42. The summed E-state index contributed by atoms with van der Waals surface area (Å²) in [7, 11) is 0. The van der Waals surface area contributed by atoms with Gasteiger partial charge in [-0.1, -0.05) is 39.8 Å². The van der Waals surface area contributed by atoms with Crippen molar-refractivity contribution < 1.29 is 13.7 Å². The molecule has 1 N–H and O–H groups in total. The summed E-state index contributed by atoms with van der Waals surface area (Å²) in [5, 5.41) is 7.36. The average molecular weight is 402 g/mol. The second kappa shape index (κ2) is 8.66. The van der Waals surface area contributed by atoms with Gasteiger partial charge in [-0.15, -0.1) is 0 Å². The molecule has 0 unspecified atom stereocenters. The number of nitrogens with zero attached hydrogens (tertiary/aromatic N) is 2. The third kappa shape index (κ3) is 5.89. The van der Waals surface area contributed by atoms with Gasteiger partial charge in [-0.05, 0) is 48.4 Å². The Hall–Kier alpha value is -2.21. The van der Waals surface area contributed by atoms with Crippen LogP contribution in [-0.2, 0) is 11.3 Å². The first-order valence-electron chi connectivity index (χ1n) is 10.4. The largest absolute Gasteiger partial charge is 0.359 e. The van der Waals surface area contributed by atoms with Crippen molar-refractivity contribution in [2.45, 2.75) is 66.1 Å². The van der Waals surface area contributed by atoms with Crippen molar-refractivity contribution in [3.63, 3.8) is 0 Å². The fourth-order valence-electron chi connectivity index (χ4n) is 4.00. The van der Waals surface area contributed by atoms with Crippen LogP contribution < -0.4 is 5.32 Å². The third-order valence-electron chi connectivity index (χ3n) is 5.16. The van der Waals surface area contributed by atoms with Crippen molar-refractivity contribution in [2.24, 2.45) is 11.3 Å². The molecule has 0 bridgehead atoms. The highest BCUT2D eigenvalue weighted by atomic mass is 19.1. The molecule has 0 spiro atoms. The average Bonchev–Trinajstić information content (AvgIpc) is 3.05. The fraction of sp³-hybridized carbons (Fsp3) is 0.565. The molecule has 6 heteroatoms. The lowest BCUT2D eigenvalue weighted by molar-refractivity contribution is -0.132. The molecular weight excluding hydrogens is 369 g/mol. The van der Waals surface area contributed by atoms with Crippen LogP contribution in [0.1, 0.15) is 53.2 Å². The van der Waals surface area contributed by atoms with Gasteiger partial charge in [0, 0.05) is 24.2 Å². The lowest BCUT2D eigenvalue weighted by Crippen LogP contribution is -2.60. The van der Waals surface area contributed by atoms with Gasteiger partial charge in [0.1, 0.15) is 11.5 Å². The van der Waals surface area contributed by atoms with Crippen LogP contribution in [0, 0.1) is 17.2 Å². The zero-order valence-corrected chi connectivity index (χ0v) is 18.0. The predicted octanol–water partition coefficient (Wildman–Crippen LogP) is 4.63. The summed E-state index contributed by atoms with van der Waals surface area (Å²) in [6.07, 6.45) is 1.72. The van der Waals surface area contributed by atoms with E-state index in [1.165, 1.54) is 12.1 Å². The summed E-state index contributed by atoms with van der Waals surface area (Å²) in [6, 6.07) is 8.02. The number of hydrogen-bond acceptors (Lipinski definition) is 4. The second-order valence-corrected chi connectivity index (χ2v) is 9.73. The van der Waals surface area contributed by atoms with Crippen LogP contribution in [0.3, 0.4) is 0 Å². The Morgan fingerprint density at radius 2 is 1.97 bits per heavy atom. The number of amides is 1. The molecule has 5 nitrogen and oxygen atoms in total. The van der Waals surface area contributed by atoms with E-state index >= 15 is 0 Å². The molecular formula is C23H32FN3O2. The number of halogens is 1. The molecule has 0 saturated carbocycles. The number of carbonyl (C=O) groups is 1. The van der Waals surface area contributed by atoms with Crippen molar-refractivity contribution >= 4 is 5.91 Å². The molecule has 1 aromatic heterocycles. The van der Waals surface area contributed by atoms with E-state index in [2.05, 4.69) is 50.0 Å². The van der Waals surface area contributed by atoms with Gasteiger partial charge in [-0.2, -0.15) is 0 Å². The van der Waals surface area contributed by atoms with Gasteiger partial charge >= 0.3 is 0 Å². The van der Waals surface area contributed by atoms with Gasteiger partial charge in [-0.3, -0.25) is 9.69 Å². The molecule has 1 saturated heterocycles. The fourth-order valence-corrected chi connectivity index (χ4v) is 4.00. The minimum atomic E-state index is -0.279. The summed E-state index contributed by atoms with van der Waals surface area (Å²) < 4.78 is 18.7. The molecule has 2 heterocycles. The summed E-state index contributed by atoms with van der Waals surface area (Å²) in [5.74, 6) is 0.940. The zero-order chi connectivity index (χ0) is 21.2. The molecule has 3 rings (SSSR count). The lowest BCUT2D eigenvalue weighted by atomic mass is 9.86. The standard InChI is InChI=1S/C23H32FN3O2/c1-15(2)10-21-22(28)25-18(12-23(3,4)5)13-27(21)14-19-11-20(26-29-19)16-6-8-17(24)9-7-16/h6-9,11,15,18,21H,10,12-14H2,1-5H3,(H,25,28)/t18-,21-/m0/s1. The summed E-state index contributed by atoms with van der Waals surface area (Å²) in [4.78, 5) is 15.1. The van der Waals surface area contributed by atoms with Crippen LogP contribution in [0.2, 0.25) is 0 Å². The van der Waals surface area contributed by atoms with Gasteiger partial charge in [0.05, 0.1) is 12.6 Å². The van der Waals surface area contributed by atoms with Crippen molar-refractivity contribution in [3.05, 3.63) is 41.9 Å². The Balaban J connectivity index is 1.77. The topological polar surface area (TPSA) is 58.4 Å². The van der Waals surface area contributed by atoms with E-state index in [4.69, 9.17) is 4.52 Å². The van der Waals surface area contributed by atoms with Crippen molar-refractivity contribution in [3.8, 4) is 11.3 Å². The van der Waals surface area contributed by atoms with Gasteiger partial charge in [0.2, 0.25) is 5.91 Å². The smallest absolute Gasteiger partial charge is 0.237 e. The van der Waals surface area contributed by atoms with Crippen LogP contribution >= 0.6 is 0 Å². The van der Waals surface area contributed by atoms with E-state index in [1.807, 2.05) is 6.07 Å². The number of hydrogen-bond donors (Lipinski definition) is 1. The maximum absolute atomic E-state index is 13.2. The SMILES string of the molecule is CC(C)C[C@H]1C(=O)N[C@@H](CC(C)(C)C)CN1Cc1cc(-c2ccc(F)cc2)no1. The van der Waals surface area contributed by atoms with Crippen molar-refractivity contribution in [1.29, 1.82) is 0 Å². The highest BCUT2D eigenvalue weighted by Gasteiger charge is 2.36. The zero-order valence-electron chi connectivity index (χ0n) is 18.0. The summed E-state index contributed by atoms with van der Waals surface area (Å²) in [5.41, 5.74) is 1.62. The number of benzene rings is 1. The number of aromatic nitrogens is 1. The molecule has 1 fully saturated rings. The maximum Gasteiger partial charge on any atom is 0.237 e. The number of piperazine rings is 1. The first-order valence-corrected chi connectivity index (χ1v) is 10.4. The Labute approximate surface area is 172 Å². The molecule has 2 aromatic rings. The molecule has 1 aliphatic heterocycles. The minimum Gasteiger partial charge on any atom is -0.359 e. The monoisotopic (exact) mass is 401 g/mol. The molecule has 1 aromatic carbocycles. The number of carbonyl (C=O) groups excluding carboxylic acids is 1. The number of nitrogens with one attached hydrogen (secondary N) is 1. The van der Waals surface area contributed by atoms with E-state index in [0.29, 0.717) is 23.9 Å². The molecule has 0 radical (unpaired) electrons.